The summed E-state index contributed by atoms with van der Waals surface area (Å²) in [6, 6.07) is 0. The van der Waals surface area contributed by atoms with Gasteiger partial charge in [-0.1, -0.05) is 15.9 Å². The van der Waals surface area contributed by atoms with Crippen LogP contribution in [0.2, 0.25) is 0 Å². The van der Waals surface area contributed by atoms with Crippen LogP contribution in [0.3, 0.4) is 0 Å². The third kappa shape index (κ3) is 4.49. The maximum Gasteiger partial charge on any atom is 0.410 e. The number of ether oxygens (including phenoxy) is 2. The third-order valence-electron chi connectivity index (χ3n) is 3.69. The second kappa shape index (κ2) is 7.13. The molecule has 1 aliphatic rings. The van der Waals surface area contributed by atoms with Gasteiger partial charge in [0.1, 0.15) is 10.0 Å². The van der Waals surface area contributed by atoms with E-state index in [-0.39, 0.29) is 12.1 Å². The van der Waals surface area contributed by atoms with Crippen molar-refractivity contribution in [2.75, 3.05) is 19.7 Å². The number of alkyl halides is 1. The average Bonchev–Trinajstić information content (AvgIpc) is 2.97. The molecule has 0 saturated carbocycles. The summed E-state index contributed by atoms with van der Waals surface area (Å²) in [7, 11) is 0. The topological polar surface area (TPSA) is 73.7 Å². The van der Waals surface area contributed by atoms with Crippen LogP contribution in [-0.2, 0) is 13.9 Å². The second-order valence-corrected chi connectivity index (χ2v) is 8.26. The van der Waals surface area contributed by atoms with Crippen molar-refractivity contribution < 1.29 is 19.1 Å². The van der Waals surface area contributed by atoms with Crippen LogP contribution in [0, 0.1) is 0 Å². The summed E-state index contributed by atoms with van der Waals surface area (Å²) < 4.78 is 11.7. The van der Waals surface area contributed by atoms with E-state index in [0.717, 1.165) is 0 Å². The van der Waals surface area contributed by atoms with E-state index in [0.29, 0.717) is 38.1 Å². The molecule has 1 aromatic rings. The number of esters is 1. The molecule has 2 rings (SSSR count). The lowest BCUT2D eigenvalue weighted by molar-refractivity contribution is 0.0172. The molecule has 0 aromatic carbocycles. The summed E-state index contributed by atoms with van der Waals surface area (Å²) in [5.41, 5.74) is -0.0819. The Hall–Kier alpha value is -1.57. The van der Waals surface area contributed by atoms with Gasteiger partial charge in [0.05, 0.1) is 18.4 Å². The van der Waals surface area contributed by atoms with E-state index in [2.05, 4.69) is 21.0 Å². The molecule has 0 spiro atoms. The Labute approximate surface area is 150 Å². The van der Waals surface area contributed by atoms with Crippen LogP contribution < -0.4 is 0 Å². The van der Waals surface area contributed by atoms with E-state index in [1.807, 2.05) is 20.8 Å². The van der Waals surface area contributed by atoms with E-state index >= 15 is 0 Å². The molecule has 7 nitrogen and oxygen atoms in total. The van der Waals surface area contributed by atoms with Crippen molar-refractivity contribution in [3.63, 3.8) is 0 Å². The Kier molecular flexibility index (Phi) is 5.57. The maximum absolute atomic E-state index is 12.1. The van der Waals surface area contributed by atoms with Crippen LogP contribution in [-0.4, -0.2) is 52.0 Å². The molecule has 0 N–H and O–H groups in total. The molecule has 0 bridgehead atoms. The minimum absolute atomic E-state index is 0.301. The van der Waals surface area contributed by atoms with Gasteiger partial charge in [-0.15, -0.1) is 0 Å². The Morgan fingerprint density at radius 1 is 1.33 bits per heavy atom. The quantitative estimate of drug-likeness (QED) is 0.574. The zero-order chi connectivity index (χ0) is 18.0. The maximum atomic E-state index is 12.1. The molecule has 2 heterocycles. The predicted molar refractivity (Wildman–Crippen MR) is 92.1 cm³/mol. The molecule has 0 aliphatic carbocycles. The van der Waals surface area contributed by atoms with Crippen molar-refractivity contribution in [2.24, 2.45) is 0 Å². The van der Waals surface area contributed by atoms with Gasteiger partial charge < -0.3 is 14.4 Å². The molecule has 1 amide bonds. The molecule has 1 aliphatic heterocycles. The number of piperidine rings is 1. The highest BCUT2D eigenvalue weighted by Crippen LogP contribution is 2.36. The number of aromatic nitrogens is 2. The smallest absolute Gasteiger partial charge is 0.410 e. The van der Waals surface area contributed by atoms with Crippen molar-refractivity contribution in [3.05, 3.63) is 18.0 Å². The predicted octanol–water partition coefficient (Wildman–Crippen LogP) is 3.14. The number of carbonyl (C=O) groups is 2. The van der Waals surface area contributed by atoms with Gasteiger partial charge in [-0.25, -0.2) is 9.59 Å². The van der Waals surface area contributed by atoms with Crippen molar-refractivity contribution in [2.45, 2.75) is 50.6 Å². The van der Waals surface area contributed by atoms with Crippen LogP contribution in [0.25, 0.3) is 0 Å². The fourth-order valence-corrected chi connectivity index (χ4v) is 3.00. The van der Waals surface area contributed by atoms with Gasteiger partial charge in [0, 0.05) is 32.1 Å². The molecule has 0 unspecified atom stereocenters. The normalized spacial score (nSPS) is 17.5. The highest BCUT2D eigenvalue weighted by molar-refractivity contribution is 9.09. The first-order chi connectivity index (χ1) is 11.1. The molecule has 1 saturated heterocycles. The minimum atomic E-state index is -0.503. The SMILES string of the molecule is CCOC(=O)c1cnn(C2(Br)CCN(C(=O)OC(C)(C)C)CC2)c1. The first kappa shape index (κ1) is 18.8. The van der Waals surface area contributed by atoms with Crippen LogP contribution in [0.4, 0.5) is 4.79 Å². The van der Waals surface area contributed by atoms with Gasteiger partial charge in [-0.3, -0.25) is 4.68 Å². The first-order valence-electron chi connectivity index (χ1n) is 8.04. The molecular weight excluding hydrogens is 378 g/mol. The number of rotatable bonds is 3. The third-order valence-corrected chi connectivity index (χ3v) is 4.84. The van der Waals surface area contributed by atoms with Gasteiger partial charge in [0.2, 0.25) is 0 Å². The van der Waals surface area contributed by atoms with Gasteiger partial charge in [-0.05, 0) is 27.7 Å². The number of likely N-dealkylation sites (tertiary alicyclic amines) is 1. The van der Waals surface area contributed by atoms with Crippen LogP contribution in [0.15, 0.2) is 12.4 Å². The molecular formula is C16H24BrN3O4. The van der Waals surface area contributed by atoms with E-state index in [9.17, 15) is 9.59 Å². The van der Waals surface area contributed by atoms with Gasteiger partial charge in [-0.2, -0.15) is 5.10 Å². The van der Waals surface area contributed by atoms with E-state index in [4.69, 9.17) is 9.47 Å². The summed E-state index contributed by atoms with van der Waals surface area (Å²) in [5, 5.41) is 4.28. The lowest BCUT2D eigenvalue weighted by Crippen LogP contribution is -2.46. The molecule has 0 atom stereocenters. The fourth-order valence-electron chi connectivity index (χ4n) is 2.45. The van der Waals surface area contributed by atoms with Crippen LogP contribution >= 0.6 is 15.9 Å². The van der Waals surface area contributed by atoms with E-state index < -0.39 is 10.0 Å². The van der Waals surface area contributed by atoms with Crippen LogP contribution in [0.5, 0.6) is 0 Å². The monoisotopic (exact) mass is 401 g/mol. The van der Waals surface area contributed by atoms with Gasteiger partial charge in [0.15, 0.2) is 0 Å². The minimum Gasteiger partial charge on any atom is -0.462 e. The van der Waals surface area contributed by atoms with Gasteiger partial charge >= 0.3 is 12.1 Å². The summed E-state index contributed by atoms with van der Waals surface area (Å²) in [6.07, 6.45) is 4.20. The lowest BCUT2D eigenvalue weighted by Gasteiger charge is -2.38. The number of amides is 1. The van der Waals surface area contributed by atoms with Crippen molar-refractivity contribution in [1.82, 2.24) is 14.7 Å². The molecule has 1 aromatic heterocycles. The summed E-state index contributed by atoms with van der Waals surface area (Å²) >= 11 is 3.71. The van der Waals surface area contributed by atoms with Crippen molar-refractivity contribution in [1.29, 1.82) is 0 Å². The Morgan fingerprint density at radius 2 is 1.96 bits per heavy atom. The number of hydrogen-bond acceptors (Lipinski definition) is 5. The van der Waals surface area contributed by atoms with Crippen molar-refractivity contribution in [3.8, 4) is 0 Å². The highest BCUT2D eigenvalue weighted by atomic mass is 79.9. The number of nitrogens with zero attached hydrogens (tertiary/aromatic N) is 3. The van der Waals surface area contributed by atoms with Gasteiger partial charge in [0.25, 0.3) is 0 Å². The Bertz CT molecular complexity index is 601. The van der Waals surface area contributed by atoms with E-state index in [1.54, 1.807) is 22.7 Å². The highest BCUT2D eigenvalue weighted by Gasteiger charge is 2.37. The summed E-state index contributed by atoms with van der Waals surface area (Å²) in [5.74, 6) is -0.383. The molecule has 0 radical (unpaired) electrons. The molecule has 1 fully saturated rings. The van der Waals surface area contributed by atoms with E-state index in [1.165, 1.54) is 6.20 Å². The largest absolute Gasteiger partial charge is 0.462 e. The first-order valence-corrected chi connectivity index (χ1v) is 8.83. The zero-order valence-electron chi connectivity index (χ0n) is 14.5. The van der Waals surface area contributed by atoms with Crippen LogP contribution in [0.1, 0.15) is 50.9 Å². The Morgan fingerprint density at radius 3 is 2.50 bits per heavy atom. The number of carbonyl (C=O) groups excluding carboxylic acids is 2. The Balaban J connectivity index is 1.99. The molecule has 134 valence electrons. The van der Waals surface area contributed by atoms with Crippen molar-refractivity contribution >= 4 is 28.0 Å². The number of hydrogen-bond donors (Lipinski definition) is 0. The second-order valence-electron chi connectivity index (χ2n) is 6.78. The molecule has 24 heavy (non-hydrogen) atoms. The standard InChI is InChI=1S/C16H24BrN3O4/c1-5-23-13(21)12-10-18-20(11-12)16(17)6-8-19(9-7-16)14(22)24-15(2,3)4/h10-11H,5-9H2,1-4H3. The molecule has 8 heteroatoms. The fraction of sp³-hybridized carbons (Fsp3) is 0.688. The number of halogens is 1. The average molecular weight is 402 g/mol. The zero-order valence-corrected chi connectivity index (χ0v) is 16.1. The summed E-state index contributed by atoms with van der Waals surface area (Å²) in [4.78, 5) is 25.6. The summed E-state index contributed by atoms with van der Waals surface area (Å²) in [6.45, 7) is 8.75. The lowest BCUT2D eigenvalue weighted by atomic mass is 10.1.